The third-order valence-corrected chi connectivity index (χ3v) is 3.06. The summed E-state index contributed by atoms with van der Waals surface area (Å²) < 4.78 is 26.6. The number of nitrogens with two attached hydrogens (primary N) is 1. The minimum atomic E-state index is -1.04. The van der Waals surface area contributed by atoms with Gasteiger partial charge >= 0.3 is 0 Å². The van der Waals surface area contributed by atoms with E-state index in [4.69, 9.17) is 28.9 Å². The number of benzene rings is 2. The average Bonchev–Trinajstić information content (AvgIpc) is 2.34. The molecular weight excluding hydrogens is 281 g/mol. The Morgan fingerprint density at radius 3 is 2.39 bits per heavy atom. The van der Waals surface area contributed by atoms with Crippen LogP contribution in [0.15, 0.2) is 30.3 Å². The van der Waals surface area contributed by atoms with E-state index in [0.29, 0.717) is 15.7 Å². The van der Waals surface area contributed by atoms with Crippen molar-refractivity contribution in [3.63, 3.8) is 0 Å². The van der Waals surface area contributed by atoms with Crippen molar-refractivity contribution in [1.82, 2.24) is 0 Å². The molecule has 2 nitrogen and oxygen atoms in total. The molecule has 0 aliphatic carbocycles. The van der Waals surface area contributed by atoms with Crippen molar-refractivity contribution in [2.45, 2.75) is 0 Å². The number of rotatable bonds is 2. The highest BCUT2D eigenvalue weighted by Crippen LogP contribution is 2.31. The highest BCUT2D eigenvalue weighted by atomic mass is 35.5. The molecule has 0 spiro atoms. The molecule has 0 fully saturated rings. The first kappa shape index (κ1) is 12.9. The van der Waals surface area contributed by atoms with Gasteiger partial charge < -0.3 is 11.1 Å². The highest BCUT2D eigenvalue weighted by Gasteiger charge is 2.12. The van der Waals surface area contributed by atoms with Crippen LogP contribution in [0.2, 0.25) is 10.0 Å². The third-order valence-electron chi connectivity index (χ3n) is 2.32. The van der Waals surface area contributed by atoms with Crippen LogP contribution in [-0.4, -0.2) is 0 Å². The highest BCUT2D eigenvalue weighted by molar-refractivity contribution is 6.42. The van der Waals surface area contributed by atoms with E-state index in [-0.39, 0.29) is 11.4 Å². The van der Waals surface area contributed by atoms with Gasteiger partial charge in [0.25, 0.3) is 0 Å². The van der Waals surface area contributed by atoms with Gasteiger partial charge in [-0.15, -0.1) is 0 Å². The summed E-state index contributed by atoms with van der Waals surface area (Å²) in [6.07, 6.45) is 0. The first-order valence-electron chi connectivity index (χ1n) is 4.94. The SMILES string of the molecule is Nc1ccc(F)c(F)c1Nc1ccc(Cl)c(Cl)c1. The second kappa shape index (κ2) is 5.00. The van der Waals surface area contributed by atoms with Crippen LogP contribution in [0.25, 0.3) is 0 Å². The Balaban J connectivity index is 2.39. The Labute approximate surface area is 112 Å². The molecule has 0 heterocycles. The Kier molecular flexibility index (Phi) is 3.59. The second-order valence-corrected chi connectivity index (χ2v) is 4.39. The molecule has 2 aromatic carbocycles. The lowest BCUT2D eigenvalue weighted by Gasteiger charge is -2.11. The zero-order chi connectivity index (χ0) is 13.3. The molecule has 0 aromatic heterocycles. The summed E-state index contributed by atoms with van der Waals surface area (Å²) in [6, 6.07) is 6.86. The maximum Gasteiger partial charge on any atom is 0.184 e. The predicted octanol–water partition coefficient (Wildman–Crippen LogP) is 4.60. The minimum Gasteiger partial charge on any atom is -0.397 e. The summed E-state index contributed by atoms with van der Waals surface area (Å²) in [5.74, 6) is -2.02. The van der Waals surface area contributed by atoms with E-state index >= 15 is 0 Å². The van der Waals surface area contributed by atoms with Crippen molar-refractivity contribution in [3.05, 3.63) is 52.0 Å². The Morgan fingerprint density at radius 1 is 1.00 bits per heavy atom. The molecule has 2 aromatic rings. The lowest BCUT2D eigenvalue weighted by Crippen LogP contribution is -2.01. The van der Waals surface area contributed by atoms with Crippen molar-refractivity contribution >= 4 is 40.3 Å². The quantitative estimate of drug-likeness (QED) is 0.793. The van der Waals surface area contributed by atoms with Gasteiger partial charge in [-0.3, -0.25) is 0 Å². The summed E-state index contributed by atoms with van der Waals surface area (Å²) in [6.45, 7) is 0. The summed E-state index contributed by atoms with van der Waals surface area (Å²) in [5.41, 5.74) is 6.00. The van der Waals surface area contributed by atoms with E-state index in [1.807, 2.05) is 0 Å². The van der Waals surface area contributed by atoms with Crippen molar-refractivity contribution in [3.8, 4) is 0 Å². The molecule has 0 radical (unpaired) electrons. The molecule has 0 aliphatic rings. The van der Waals surface area contributed by atoms with Crippen LogP contribution in [0.4, 0.5) is 25.8 Å². The third kappa shape index (κ3) is 2.49. The van der Waals surface area contributed by atoms with E-state index < -0.39 is 11.6 Å². The van der Waals surface area contributed by atoms with Gasteiger partial charge in [0.2, 0.25) is 0 Å². The number of halogens is 4. The fourth-order valence-electron chi connectivity index (χ4n) is 1.41. The Bertz CT molecular complexity index is 603. The molecule has 0 saturated carbocycles. The minimum absolute atomic E-state index is 0.0972. The van der Waals surface area contributed by atoms with Crippen molar-refractivity contribution in [1.29, 1.82) is 0 Å². The zero-order valence-corrected chi connectivity index (χ0v) is 10.5. The number of nitrogens with one attached hydrogen (secondary N) is 1. The summed E-state index contributed by atoms with van der Waals surface area (Å²) in [4.78, 5) is 0. The van der Waals surface area contributed by atoms with Crippen LogP contribution in [0.3, 0.4) is 0 Å². The van der Waals surface area contributed by atoms with Crippen LogP contribution >= 0.6 is 23.2 Å². The number of anilines is 3. The van der Waals surface area contributed by atoms with Gasteiger partial charge in [0.1, 0.15) is 5.69 Å². The van der Waals surface area contributed by atoms with Gasteiger partial charge in [-0.1, -0.05) is 23.2 Å². The molecule has 0 atom stereocenters. The van der Waals surface area contributed by atoms with E-state index in [0.717, 1.165) is 6.07 Å². The zero-order valence-electron chi connectivity index (χ0n) is 8.98. The van der Waals surface area contributed by atoms with Gasteiger partial charge in [-0.25, -0.2) is 8.78 Å². The molecule has 0 bridgehead atoms. The molecule has 6 heteroatoms. The normalized spacial score (nSPS) is 10.4. The van der Waals surface area contributed by atoms with E-state index in [1.54, 1.807) is 12.1 Å². The molecule has 0 amide bonds. The van der Waals surface area contributed by atoms with E-state index in [2.05, 4.69) is 5.32 Å². The Hall–Kier alpha value is -1.52. The second-order valence-electron chi connectivity index (χ2n) is 3.58. The number of hydrogen-bond acceptors (Lipinski definition) is 2. The fourth-order valence-corrected chi connectivity index (χ4v) is 1.71. The van der Waals surface area contributed by atoms with Gasteiger partial charge in [-0.2, -0.15) is 0 Å². The standard InChI is InChI=1S/C12H8Cl2F2N2/c13-7-2-1-6(5-8(7)14)18-12-10(17)4-3-9(15)11(12)16/h1-5,18H,17H2. The van der Waals surface area contributed by atoms with Crippen LogP contribution in [0, 0.1) is 11.6 Å². The number of nitrogen functional groups attached to an aromatic ring is 1. The summed E-state index contributed by atoms with van der Waals surface area (Å²) in [5, 5.41) is 3.34. The van der Waals surface area contributed by atoms with Crippen LogP contribution in [0.1, 0.15) is 0 Å². The maximum atomic E-state index is 13.6. The largest absolute Gasteiger partial charge is 0.397 e. The van der Waals surface area contributed by atoms with Gasteiger partial charge in [-0.05, 0) is 30.3 Å². The molecule has 0 saturated heterocycles. The summed E-state index contributed by atoms with van der Waals surface area (Å²) >= 11 is 11.6. The van der Waals surface area contributed by atoms with E-state index in [1.165, 1.54) is 12.1 Å². The monoisotopic (exact) mass is 288 g/mol. The molecule has 3 N–H and O–H groups in total. The maximum absolute atomic E-state index is 13.6. The molecule has 0 aliphatic heterocycles. The van der Waals surface area contributed by atoms with Crippen LogP contribution in [0.5, 0.6) is 0 Å². The average molecular weight is 289 g/mol. The van der Waals surface area contributed by atoms with Crippen molar-refractivity contribution in [2.24, 2.45) is 0 Å². The fraction of sp³-hybridized carbons (Fsp3) is 0. The van der Waals surface area contributed by atoms with Crippen LogP contribution < -0.4 is 11.1 Å². The topological polar surface area (TPSA) is 38.0 Å². The number of hydrogen-bond donors (Lipinski definition) is 2. The first-order chi connectivity index (χ1) is 8.49. The van der Waals surface area contributed by atoms with Crippen molar-refractivity contribution < 1.29 is 8.78 Å². The van der Waals surface area contributed by atoms with E-state index in [9.17, 15) is 8.78 Å². The smallest absolute Gasteiger partial charge is 0.184 e. The molecular formula is C12H8Cl2F2N2. The summed E-state index contributed by atoms with van der Waals surface area (Å²) in [7, 11) is 0. The molecule has 0 unspecified atom stereocenters. The van der Waals surface area contributed by atoms with Crippen LogP contribution in [-0.2, 0) is 0 Å². The van der Waals surface area contributed by atoms with Gasteiger partial charge in [0.05, 0.1) is 15.7 Å². The van der Waals surface area contributed by atoms with Gasteiger partial charge in [0.15, 0.2) is 11.6 Å². The molecule has 18 heavy (non-hydrogen) atoms. The lowest BCUT2D eigenvalue weighted by atomic mass is 10.2. The van der Waals surface area contributed by atoms with Crippen molar-refractivity contribution in [2.75, 3.05) is 11.1 Å². The van der Waals surface area contributed by atoms with Gasteiger partial charge in [0, 0.05) is 5.69 Å². The lowest BCUT2D eigenvalue weighted by molar-refractivity contribution is 0.512. The first-order valence-corrected chi connectivity index (χ1v) is 5.70. The molecule has 94 valence electrons. The predicted molar refractivity (Wildman–Crippen MR) is 70.5 cm³/mol. The molecule has 2 rings (SSSR count). The Morgan fingerprint density at radius 2 is 1.72 bits per heavy atom.